The van der Waals surface area contributed by atoms with Gasteiger partial charge in [0.15, 0.2) is 9.84 Å². The molecule has 0 bridgehead atoms. The summed E-state index contributed by atoms with van der Waals surface area (Å²) >= 11 is 0. The van der Waals surface area contributed by atoms with Gasteiger partial charge in [-0.1, -0.05) is 30.8 Å². The standard InChI is InChI=1S/C21H23NO4S/c1-3-21(23)22-12-10-18(11-13-22)26-19-8-4-6-16(14-19)17-7-5-9-20(15-17)27(2,24)25/h3-9,14-15,18H,1,10-13H2,2H3. The Kier molecular flexibility index (Phi) is 5.65. The molecule has 0 aromatic heterocycles. The van der Waals surface area contributed by atoms with Gasteiger partial charge in [-0.2, -0.15) is 0 Å². The first-order valence-electron chi connectivity index (χ1n) is 8.85. The Bertz CT molecular complexity index is 944. The first-order valence-corrected chi connectivity index (χ1v) is 10.7. The van der Waals surface area contributed by atoms with Crippen LogP contribution < -0.4 is 4.74 Å². The van der Waals surface area contributed by atoms with E-state index in [1.807, 2.05) is 30.3 Å². The molecule has 1 heterocycles. The number of amides is 1. The molecule has 1 fully saturated rings. The minimum Gasteiger partial charge on any atom is -0.490 e. The molecule has 1 aliphatic heterocycles. The van der Waals surface area contributed by atoms with Crippen molar-refractivity contribution in [3.8, 4) is 16.9 Å². The Hall–Kier alpha value is -2.60. The summed E-state index contributed by atoms with van der Waals surface area (Å²) in [6.07, 6.45) is 4.14. The van der Waals surface area contributed by atoms with Crippen LogP contribution in [0, 0.1) is 0 Å². The summed E-state index contributed by atoms with van der Waals surface area (Å²) < 4.78 is 29.7. The van der Waals surface area contributed by atoms with Crippen molar-refractivity contribution in [2.24, 2.45) is 0 Å². The van der Waals surface area contributed by atoms with Crippen molar-refractivity contribution in [1.82, 2.24) is 4.90 Å². The maximum atomic E-state index is 11.8. The monoisotopic (exact) mass is 385 g/mol. The second kappa shape index (κ2) is 7.96. The smallest absolute Gasteiger partial charge is 0.245 e. The van der Waals surface area contributed by atoms with Crippen LogP contribution in [-0.4, -0.2) is 44.7 Å². The number of hydrogen-bond acceptors (Lipinski definition) is 4. The topological polar surface area (TPSA) is 63.7 Å². The van der Waals surface area contributed by atoms with Gasteiger partial charge in [0, 0.05) is 32.2 Å². The number of hydrogen-bond donors (Lipinski definition) is 0. The predicted octanol–water partition coefficient (Wildman–Crippen LogP) is 3.31. The molecule has 0 unspecified atom stereocenters. The van der Waals surface area contributed by atoms with Crippen molar-refractivity contribution in [1.29, 1.82) is 0 Å². The van der Waals surface area contributed by atoms with Gasteiger partial charge in [0.25, 0.3) is 0 Å². The minimum atomic E-state index is -3.25. The van der Waals surface area contributed by atoms with Crippen LogP contribution in [0.1, 0.15) is 12.8 Å². The second-order valence-corrected chi connectivity index (χ2v) is 8.69. The maximum absolute atomic E-state index is 11.8. The zero-order valence-corrected chi connectivity index (χ0v) is 16.1. The zero-order valence-electron chi connectivity index (χ0n) is 15.3. The molecule has 5 nitrogen and oxygen atoms in total. The van der Waals surface area contributed by atoms with Crippen LogP contribution in [0.15, 0.2) is 66.1 Å². The van der Waals surface area contributed by atoms with Crippen molar-refractivity contribution in [3.63, 3.8) is 0 Å². The van der Waals surface area contributed by atoms with Gasteiger partial charge >= 0.3 is 0 Å². The Morgan fingerprint density at radius 3 is 2.37 bits per heavy atom. The second-order valence-electron chi connectivity index (χ2n) is 6.67. The third kappa shape index (κ3) is 4.77. The Morgan fingerprint density at radius 1 is 1.11 bits per heavy atom. The van der Waals surface area contributed by atoms with Gasteiger partial charge in [0.05, 0.1) is 4.90 Å². The zero-order chi connectivity index (χ0) is 19.4. The molecular weight excluding hydrogens is 362 g/mol. The van der Waals surface area contributed by atoms with Crippen LogP contribution in [-0.2, 0) is 14.6 Å². The summed E-state index contributed by atoms with van der Waals surface area (Å²) in [5, 5.41) is 0. The first kappa shape index (κ1) is 19.2. The molecule has 0 saturated carbocycles. The normalized spacial score (nSPS) is 15.4. The third-order valence-corrected chi connectivity index (χ3v) is 5.77. The lowest BCUT2D eigenvalue weighted by molar-refractivity contribution is -0.127. The van der Waals surface area contributed by atoms with Crippen molar-refractivity contribution >= 4 is 15.7 Å². The third-order valence-electron chi connectivity index (χ3n) is 4.66. The number of ether oxygens (including phenoxy) is 1. The minimum absolute atomic E-state index is 0.0406. The predicted molar refractivity (Wildman–Crippen MR) is 105 cm³/mol. The average molecular weight is 385 g/mol. The van der Waals surface area contributed by atoms with E-state index in [4.69, 9.17) is 4.74 Å². The molecule has 1 amide bonds. The largest absolute Gasteiger partial charge is 0.490 e. The van der Waals surface area contributed by atoms with E-state index in [-0.39, 0.29) is 12.0 Å². The summed E-state index contributed by atoms with van der Waals surface area (Å²) in [6, 6.07) is 14.5. The van der Waals surface area contributed by atoms with Gasteiger partial charge in [0.2, 0.25) is 5.91 Å². The summed E-state index contributed by atoms with van der Waals surface area (Å²) in [6.45, 7) is 4.84. The van der Waals surface area contributed by atoms with E-state index >= 15 is 0 Å². The fraction of sp³-hybridized carbons (Fsp3) is 0.286. The average Bonchev–Trinajstić information content (AvgIpc) is 2.67. The quantitative estimate of drug-likeness (QED) is 0.741. The highest BCUT2D eigenvalue weighted by Gasteiger charge is 2.22. The van der Waals surface area contributed by atoms with Crippen molar-refractivity contribution < 1.29 is 17.9 Å². The molecule has 0 spiro atoms. The van der Waals surface area contributed by atoms with Gasteiger partial charge in [-0.15, -0.1) is 0 Å². The molecule has 2 aromatic rings. The molecule has 0 radical (unpaired) electrons. The number of piperidine rings is 1. The van der Waals surface area contributed by atoms with Gasteiger partial charge in [0.1, 0.15) is 11.9 Å². The highest BCUT2D eigenvalue weighted by Crippen LogP contribution is 2.27. The van der Waals surface area contributed by atoms with Crippen LogP contribution in [0.3, 0.4) is 0 Å². The van der Waals surface area contributed by atoms with Crippen LogP contribution in [0.4, 0.5) is 0 Å². The summed E-state index contributed by atoms with van der Waals surface area (Å²) in [4.78, 5) is 13.7. The number of carbonyl (C=O) groups excluding carboxylic acids is 1. The molecule has 2 aromatic carbocycles. The number of sulfone groups is 1. The first-order chi connectivity index (χ1) is 12.9. The maximum Gasteiger partial charge on any atom is 0.245 e. The highest BCUT2D eigenvalue weighted by atomic mass is 32.2. The van der Waals surface area contributed by atoms with E-state index in [9.17, 15) is 13.2 Å². The molecule has 0 N–H and O–H groups in total. The van der Waals surface area contributed by atoms with Crippen molar-refractivity contribution in [2.45, 2.75) is 23.8 Å². The van der Waals surface area contributed by atoms with E-state index in [2.05, 4.69) is 6.58 Å². The molecule has 1 aliphatic rings. The van der Waals surface area contributed by atoms with Crippen molar-refractivity contribution in [2.75, 3.05) is 19.3 Å². The van der Waals surface area contributed by atoms with Crippen LogP contribution >= 0.6 is 0 Å². The van der Waals surface area contributed by atoms with Crippen LogP contribution in [0.25, 0.3) is 11.1 Å². The number of nitrogens with zero attached hydrogens (tertiary/aromatic N) is 1. The molecule has 6 heteroatoms. The van der Waals surface area contributed by atoms with Crippen molar-refractivity contribution in [3.05, 3.63) is 61.2 Å². The summed E-state index contributed by atoms with van der Waals surface area (Å²) in [5.74, 6) is 0.701. The van der Waals surface area contributed by atoms with Gasteiger partial charge in [-0.25, -0.2) is 8.42 Å². The van der Waals surface area contributed by atoms with Gasteiger partial charge in [-0.05, 0) is 41.5 Å². The number of likely N-dealkylation sites (tertiary alicyclic amines) is 1. The Labute approximate surface area is 160 Å². The number of rotatable bonds is 5. The molecule has 0 aliphatic carbocycles. The fourth-order valence-corrected chi connectivity index (χ4v) is 3.84. The molecule has 1 saturated heterocycles. The number of benzene rings is 2. The lowest BCUT2D eigenvalue weighted by atomic mass is 10.1. The fourth-order valence-electron chi connectivity index (χ4n) is 3.17. The van der Waals surface area contributed by atoms with Crippen LogP contribution in [0.2, 0.25) is 0 Å². The molecule has 142 valence electrons. The van der Waals surface area contributed by atoms with Crippen LogP contribution in [0.5, 0.6) is 5.75 Å². The van der Waals surface area contributed by atoms with Gasteiger partial charge < -0.3 is 9.64 Å². The Morgan fingerprint density at radius 2 is 1.74 bits per heavy atom. The molecule has 27 heavy (non-hydrogen) atoms. The molecule has 0 atom stereocenters. The number of carbonyl (C=O) groups is 1. The lowest BCUT2D eigenvalue weighted by Crippen LogP contribution is -2.41. The van der Waals surface area contributed by atoms with E-state index in [1.165, 1.54) is 12.3 Å². The Balaban J connectivity index is 1.72. The highest BCUT2D eigenvalue weighted by molar-refractivity contribution is 7.90. The summed E-state index contributed by atoms with van der Waals surface area (Å²) in [5.41, 5.74) is 1.73. The van der Waals surface area contributed by atoms with E-state index < -0.39 is 9.84 Å². The van der Waals surface area contributed by atoms with E-state index in [0.29, 0.717) is 18.0 Å². The van der Waals surface area contributed by atoms with E-state index in [1.54, 1.807) is 23.1 Å². The molecular formula is C21H23NO4S. The SMILES string of the molecule is C=CC(=O)N1CCC(Oc2cccc(-c3cccc(S(C)(=O)=O)c3)c2)CC1. The molecule has 3 rings (SSSR count). The lowest BCUT2D eigenvalue weighted by Gasteiger charge is -2.31. The summed E-state index contributed by atoms with van der Waals surface area (Å²) in [7, 11) is -3.25. The van der Waals surface area contributed by atoms with Gasteiger partial charge in [-0.3, -0.25) is 4.79 Å². The van der Waals surface area contributed by atoms with E-state index in [0.717, 1.165) is 29.7 Å².